The minimum Gasteiger partial charge on any atom is -0.379 e. The summed E-state index contributed by atoms with van der Waals surface area (Å²) in [6, 6.07) is 22.8. The number of carbonyl (C=O) groups is 3. The van der Waals surface area contributed by atoms with Gasteiger partial charge in [-0.2, -0.15) is 0 Å². The third kappa shape index (κ3) is 6.65. The maximum Gasteiger partial charge on any atom is 0.253 e. The Morgan fingerprint density at radius 2 is 1.58 bits per heavy atom. The first-order valence-corrected chi connectivity index (χ1v) is 12.2. The van der Waals surface area contributed by atoms with Gasteiger partial charge >= 0.3 is 0 Å². The second-order valence-corrected chi connectivity index (χ2v) is 8.72. The van der Waals surface area contributed by atoms with Crippen molar-refractivity contribution in [3.8, 4) is 11.1 Å². The number of hydrogen-bond donors (Lipinski definition) is 2. The van der Waals surface area contributed by atoms with Gasteiger partial charge in [0.1, 0.15) is 0 Å². The zero-order valence-electron chi connectivity index (χ0n) is 20.5. The molecule has 1 heterocycles. The number of Topliss-reactive ketones (excluding diaryl/α,β-unsaturated/α-hetero) is 1. The highest BCUT2D eigenvalue weighted by atomic mass is 16.5. The van der Waals surface area contributed by atoms with Crippen molar-refractivity contribution in [1.82, 2.24) is 10.2 Å². The first-order valence-electron chi connectivity index (χ1n) is 12.2. The van der Waals surface area contributed by atoms with Crippen LogP contribution >= 0.6 is 0 Å². The van der Waals surface area contributed by atoms with Crippen molar-refractivity contribution in [2.45, 2.75) is 13.3 Å². The average Bonchev–Trinajstić information content (AvgIpc) is 2.90. The average molecular weight is 486 g/mol. The van der Waals surface area contributed by atoms with E-state index in [1.807, 2.05) is 66.4 Å². The van der Waals surface area contributed by atoms with Gasteiger partial charge in [0, 0.05) is 31.6 Å². The zero-order valence-corrected chi connectivity index (χ0v) is 20.5. The number of hydrogen-bond acceptors (Lipinski definition) is 5. The number of nitrogens with zero attached hydrogens (tertiary/aromatic N) is 1. The molecule has 3 aromatic carbocycles. The van der Waals surface area contributed by atoms with E-state index in [-0.39, 0.29) is 30.6 Å². The molecule has 0 bridgehead atoms. The molecule has 186 valence electrons. The summed E-state index contributed by atoms with van der Waals surface area (Å²) in [4.78, 5) is 40.4. The summed E-state index contributed by atoms with van der Waals surface area (Å²) < 4.78 is 5.33. The smallest absolute Gasteiger partial charge is 0.253 e. The highest BCUT2D eigenvalue weighted by Gasteiger charge is 2.19. The molecule has 1 saturated heterocycles. The molecule has 1 fully saturated rings. The van der Waals surface area contributed by atoms with Crippen molar-refractivity contribution in [1.29, 1.82) is 0 Å². The molecule has 0 saturated carbocycles. The lowest BCUT2D eigenvalue weighted by Crippen LogP contribution is -2.41. The van der Waals surface area contributed by atoms with E-state index < -0.39 is 0 Å². The number of ether oxygens (including phenoxy) is 1. The summed E-state index contributed by atoms with van der Waals surface area (Å²) in [6.07, 6.45) is 0.219. The predicted octanol–water partition coefficient (Wildman–Crippen LogP) is 3.80. The molecule has 2 N–H and O–H groups in total. The quantitative estimate of drug-likeness (QED) is 0.450. The summed E-state index contributed by atoms with van der Waals surface area (Å²) in [5, 5.41) is 5.61. The Hall–Kier alpha value is -3.81. The number of carbonyl (C=O) groups excluding carboxylic acids is 3. The molecule has 7 nitrogen and oxygen atoms in total. The van der Waals surface area contributed by atoms with E-state index in [0.29, 0.717) is 49.7 Å². The van der Waals surface area contributed by atoms with Crippen LogP contribution in [0.25, 0.3) is 11.1 Å². The number of rotatable bonds is 9. The van der Waals surface area contributed by atoms with Crippen molar-refractivity contribution >= 4 is 23.3 Å². The highest BCUT2D eigenvalue weighted by molar-refractivity contribution is 6.07. The Balaban J connectivity index is 1.49. The van der Waals surface area contributed by atoms with Crippen molar-refractivity contribution in [3.63, 3.8) is 0 Å². The Bertz CT molecular complexity index is 1200. The second kappa shape index (κ2) is 12.2. The lowest BCUT2D eigenvalue weighted by atomic mass is 9.98. The van der Waals surface area contributed by atoms with Crippen LogP contribution in [-0.2, 0) is 16.0 Å². The minimum atomic E-state index is -0.297. The maximum atomic E-state index is 13.1. The summed E-state index contributed by atoms with van der Waals surface area (Å²) in [5.41, 5.74) is 4.21. The largest absolute Gasteiger partial charge is 0.379 e. The fourth-order valence-electron chi connectivity index (χ4n) is 4.16. The SMILES string of the molecule is CCNC(=O)c1ccc(C(=O)Cc2ccc(-c3ccccc3)cc2)cc1NC(=O)CN1CCOCC1. The molecular weight excluding hydrogens is 454 g/mol. The number of ketones is 1. The van der Waals surface area contributed by atoms with Gasteiger partial charge in [-0.1, -0.05) is 60.7 Å². The number of morpholine rings is 1. The Labute approximate surface area is 211 Å². The van der Waals surface area contributed by atoms with Crippen molar-refractivity contribution in [2.24, 2.45) is 0 Å². The Morgan fingerprint density at radius 3 is 2.28 bits per heavy atom. The van der Waals surface area contributed by atoms with E-state index >= 15 is 0 Å². The van der Waals surface area contributed by atoms with E-state index in [1.54, 1.807) is 18.2 Å². The molecule has 0 aliphatic carbocycles. The molecule has 0 spiro atoms. The third-order valence-corrected chi connectivity index (χ3v) is 6.09. The van der Waals surface area contributed by atoms with Gasteiger partial charge in [0.25, 0.3) is 5.91 Å². The van der Waals surface area contributed by atoms with E-state index in [0.717, 1.165) is 16.7 Å². The molecule has 0 aromatic heterocycles. The Morgan fingerprint density at radius 1 is 0.889 bits per heavy atom. The van der Waals surface area contributed by atoms with Crippen LogP contribution in [0, 0.1) is 0 Å². The summed E-state index contributed by atoms with van der Waals surface area (Å²) >= 11 is 0. The van der Waals surface area contributed by atoms with E-state index in [9.17, 15) is 14.4 Å². The van der Waals surface area contributed by atoms with Gasteiger partial charge in [-0.25, -0.2) is 0 Å². The van der Waals surface area contributed by atoms with Gasteiger partial charge in [-0.3, -0.25) is 19.3 Å². The first-order chi connectivity index (χ1) is 17.5. The van der Waals surface area contributed by atoms with Crippen LogP contribution in [0.15, 0.2) is 72.8 Å². The van der Waals surface area contributed by atoms with Crippen LogP contribution < -0.4 is 10.6 Å². The first kappa shape index (κ1) is 25.3. The standard InChI is InChI=1S/C29H31N3O4/c1-2-30-29(35)25-13-12-24(19-26(25)31-28(34)20-32-14-16-36-17-15-32)27(33)18-21-8-10-23(11-9-21)22-6-4-3-5-7-22/h3-13,19H,2,14-18,20H2,1H3,(H,30,35)(H,31,34). The zero-order chi connectivity index (χ0) is 25.3. The minimum absolute atomic E-state index is 0.0893. The monoisotopic (exact) mass is 485 g/mol. The molecule has 0 unspecified atom stereocenters. The van der Waals surface area contributed by atoms with E-state index in [1.165, 1.54) is 0 Å². The molecule has 1 aliphatic heterocycles. The lowest BCUT2D eigenvalue weighted by molar-refractivity contribution is -0.118. The molecular formula is C29H31N3O4. The van der Waals surface area contributed by atoms with Crippen molar-refractivity contribution in [3.05, 3.63) is 89.5 Å². The molecule has 0 atom stereocenters. The van der Waals surface area contributed by atoms with Crippen LogP contribution in [0.2, 0.25) is 0 Å². The molecule has 2 amide bonds. The molecule has 36 heavy (non-hydrogen) atoms. The summed E-state index contributed by atoms with van der Waals surface area (Å²) in [6.45, 7) is 5.03. The van der Waals surface area contributed by atoms with E-state index in [2.05, 4.69) is 10.6 Å². The number of amides is 2. The fourth-order valence-corrected chi connectivity index (χ4v) is 4.16. The highest BCUT2D eigenvalue weighted by Crippen LogP contribution is 2.22. The van der Waals surface area contributed by atoms with E-state index in [4.69, 9.17) is 4.74 Å². The summed E-state index contributed by atoms with van der Waals surface area (Å²) in [5.74, 6) is -0.619. The van der Waals surface area contributed by atoms with Crippen LogP contribution in [-0.4, -0.2) is 61.9 Å². The summed E-state index contributed by atoms with van der Waals surface area (Å²) in [7, 11) is 0. The van der Waals surface area contributed by atoms with Gasteiger partial charge in [0.2, 0.25) is 5.91 Å². The number of anilines is 1. The van der Waals surface area contributed by atoms with Crippen LogP contribution in [0.5, 0.6) is 0 Å². The van der Waals surface area contributed by atoms with Gasteiger partial charge in [0.05, 0.1) is 31.0 Å². The molecule has 3 aromatic rings. The normalized spacial score (nSPS) is 13.7. The number of nitrogens with one attached hydrogen (secondary N) is 2. The van der Waals surface area contributed by atoms with Crippen molar-refractivity contribution in [2.75, 3.05) is 44.7 Å². The molecule has 7 heteroatoms. The topological polar surface area (TPSA) is 87.7 Å². The van der Waals surface area contributed by atoms with Gasteiger partial charge in [-0.05, 0) is 35.7 Å². The van der Waals surface area contributed by atoms with Gasteiger partial charge in [0.15, 0.2) is 5.78 Å². The third-order valence-electron chi connectivity index (χ3n) is 6.09. The maximum absolute atomic E-state index is 13.1. The second-order valence-electron chi connectivity index (χ2n) is 8.72. The number of benzene rings is 3. The lowest BCUT2D eigenvalue weighted by Gasteiger charge is -2.26. The van der Waals surface area contributed by atoms with Crippen LogP contribution in [0.3, 0.4) is 0 Å². The van der Waals surface area contributed by atoms with Crippen LogP contribution in [0.4, 0.5) is 5.69 Å². The fraction of sp³-hybridized carbons (Fsp3) is 0.276. The van der Waals surface area contributed by atoms with Gasteiger partial charge in [-0.15, -0.1) is 0 Å². The van der Waals surface area contributed by atoms with Crippen molar-refractivity contribution < 1.29 is 19.1 Å². The Kier molecular flexibility index (Phi) is 8.60. The predicted molar refractivity (Wildman–Crippen MR) is 140 cm³/mol. The molecule has 1 aliphatic rings. The molecule has 0 radical (unpaired) electrons. The van der Waals surface area contributed by atoms with Crippen LogP contribution in [0.1, 0.15) is 33.2 Å². The van der Waals surface area contributed by atoms with Gasteiger partial charge < -0.3 is 15.4 Å². The molecule has 4 rings (SSSR count).